The minimum atomic E-state index is -0.422. The second kappa shape index (κ2) is 5.72. The van der Waals surface area contributed by atoms with Crippen LogP contribution < -0.4 is 4.74 Å². The first-order valence-corrected chi connectivity index (χ1v) is 4.81. The zero-order valence-electron chi connectivity index (χ0n) is 9.03. The van der Waals surface area contributed by atoms with Crippen LogP contribution in [0.3, 0.4) is 0 Å². The predicted molar refractivity (Wildman–Crippen MR) is 60.6 cm³/mol. The van der Waals surface area contributed by atoms with Crippen molar-refractivity contribution in [1.82, 2.24) is 0 Å². The van der Waals surface area contributed by atoms with Crippen molar-refractivity contribution in [3.8, 4) is 11.8 Å². The summed E-state index contributed by atoms with van der Waals surface area (Å²) in [5, 5.41) is 8.80. The van der Waals surface area contributed by atoms with Gasteiger partial charge in [-0.3, -0.25) is 0 Å². The van der Waals surface area contributed by atoms with E-state index >= 15 is 0 Å². The highest BCUT2D eigenvalue weighted by atomic mass is 19.1. The molecule has 0 aliphatic rings. The molecular formula is C13H12FNO. The summed E-state index contributed by atoms with van der Waals surface area (Å²) in [5.74, 6) is -0.168. The molecule has 82 valence electrons. The second-order valence-electron chi connectivity index (χ2n) is 3.11. The standard InChI is InChI=1S/C13H12FNO/c1-3-10(4-2)9-16-13-7-12(14)6-5-11(13)8-15/h3-7H,1,9H2,2H3/b10-4+. The minimum Gasteiger partial charge on any atom is -0.487 e. The summed E-state index contributed by atoms with van der Waals surface area (Å²) < 4.78 is 18.3. The van der Waals surface area contributed by atoms with Gasteiger partial charge in [0.05, 0.1) is 5.56 Å². The quantitative estimate of drug-likeness (QED) is 0.725. The fraction of sp³-hybridized carbons (Fsp3) is 0.154. The van der Waals surface area contributed by atoms with Gasteiger partial charge in [0.1, 0.15) is 24.2 Å². The van der Waals surface area contributed by atoms with Crippen LogP contribution in [0.25, 0.3) is 0 Å². The van der Waals surface area contributed by atoms with Crippen LogP contribution in [0.1, 0.15) is 12.5 Å². The fourth-order valence-corrected chi connectivity index (χ4v) is 1.13. The van der Waals surface area contributed by atoms with Crippen LogP contribution in [0.5, 0.6) is 5.75 Å². The Morgan fingerprint density at radius 3 is 2.94 bits per heavy atom. The van der Waals surface area contributed by atoms with Gasteiger partial charge >= 0.3 is 0 Å². The Hall–Kier alpha value is -2.08. The van der Waals surface area contributed by atoms with Crippen LogP contribution in [-0.2, 0) is 0 Å². The van der Waals surface area contributed by atoms with Crippen molar-refractivity contribution >= 4 is 0 Å². The van der Waals surface area contributed by atoms with Crippen LogP contribution in [-0.4, -0.2) is 6.61 Å². The lowest BCUT2D eigenvalue weighted by molar-refractivity contribution is 0.352. The number of hydrogen-bond donors (Lipinski definition) is 0. The molecule has 16 heavy (non-hydrogen) atoms. The van der Waals surface area contributed by atoms with Gasteiger partial charge in [-0.25, -0.2) is 4.39 Å². The largest absolute Gasteiger partial charge is 0.487 e. The molecular weight excluding hydrogens is 205 g/mol. The molecule has 0 aliphatic heterocycles. The Morgan fingerprint density at radius 2 is 2.38 bits per heavy atom. The van der Waals surface area contributed by atoms with Gasteiger partial charge in [0, 0.05) is 6.07 Å². The lowest BCUT2D eigenvalue weighted by atomic mass is 10.2. The van der Waals surface area contributed by atoms with Gasteiger partial charge in [0.2, 0.25) is 0 Å². The van der Waals surface area contributed by atoms with Crippen molar-refractivity contribution < 1.29 is 9.13 Å². The molecule has 1 aromatic carbocycles. The highest BCUT2D eigenvalue weighted by molar-refractivity contribution is 5.43. The summed E-state index contributed by atoms with van der Waals surface area (Å²) in [6.45, 7) is 5.75. The maximum Gasteiger partial charge on any atom is 0.140 e. The fourth-order valence-electron chi connectivity index (χ4n) is 1.13. The number of nitrogens with zero attached hydrogens (tertiary/aromatic N) is 1. The number of ether oxygens (including phenoxy) is 1. The summed E-state index contributed by atoms with van der Waals surface area (Å²) in [6, 6.07) is 5.78. The Bertz CT molecular complexity index is 457. The molecule has 0 amide bonds. The summed E-state index contributed by atoms with van der Waals surface area (Å²) in [6.07, 6.45) is 3.50. The van der Waals surface area contributed by atoms with Crippen molar-refractivity contribution in [2.45, 2.75) is 6.92 Å². The van der Waals surface area contributed by atoms with E-state index in [1.807, 2.05) is 19.1 Å². The molecule has 1 rings (SSSR count). The van der Waals surface area contributed by atoms with Crippen molar-refractivity contribution in [2.75, 3.05) is 6.61 Å². The van der Waals surface area contributed by atoms with Gasteiger partial charge in [-0.1, -0.05) is 18.7 Å². The number of allylic oxidation sites excluding steroid dienone is 1. The van der Waals surface area contributed by atoms with E-state index in [-0.39, 0.29) is 12.4 Å². The van der Waals surface area contributed by atoms with Gasteiger partial charge in [-0.05, 0) is 24.6 Å². The molecule has 2 nitrogen and oxygen atoms in total. The highest BCUT2D eigenvalue weighted by Gasteiger charge is 2.05. The molecule has 0 fully saturated rings. The van der Waals surface area contributed by atoms with E-state index in [0.29, 0.717) is 5.56 Å². The van der Waals surface area contributed by atoms with E-state index < -0.39 is 5.82 Å². The molecule has 0 saturated heterocycles. The van der Waals surface area contributed by atoms with Gasteiger partial charge in [-0.15, -0.1) is 0 Å². The van der Waals surface area contributed by atoms with E-state index in [1.54, 1.807) is 6.08 Å². The molecule has 3 heteroatoms. The van der Waals surface area contributed by atoms with E-state index in [4.69, 9.17) is 10.00 Å². The molecule has 0 atom stereocenters. The molecule has 0 saturated carbocycles. The van der Waals surface area contributed by atoms with Crippen LogP contribution in [0.2, 0.25) is 0 Å². The highest BCUT2D eigenvalue weighted by Crippen LogP contribution is 2.19. The predicted octanol–water partition coefficient (Wildman–Crippen LogP) is 3.21. The Balaban J connectivity index is 2.85. The average molecular weight is 217 g/mol. The summed E-state index contributed by atoms with van der Waals surface area (Å²) in [7, 11) is 0. The monoisotopic (exact) mass is 217 g/mol. The SMILES string of the molecule is C=C/C(=C\C)COc1cc(F)ccc1C#N. The first kappa shape index (κ1) is 12.0. The first-order valence-electron chi connectivity index (χ1n) is 4.81. The molecule has 0 bridgehead atoms. The van der Waals surface area contributed by atoms with Crippen molar-refractivity contribution in [3.63, 3.8) is 0 Å². The second-order valence-corrected chi connectivity index (χ2v) is 3.11. The first-order chi connectivity index (χ1) is 7.71. The summed E-state index contributed by atoms with van der Waals surface area (Å²) in [4.78, 5) is 0. The normalized spacial score (nSPS) is 10.7. The van der Waals surface area contributed by atoms with E-state index in [0.717, 1.165) is 5.57 Å². The maximum absolute atomic E-state index is 12.9. The lowest BCUT2D eigenvalue weighted by Gasteiger charge is -2.08. The molecule has 0 spiro atoms. The van der Waals surface area contributed by atoms with Crippen molar-refractivity contribution in [2.24, 2.45) is 0 Å². The maximum atomic E-state index is 12.9. The Labute approximate surface area is 94.3 Å². The topological polar surface area (TPSA) is 33.0 Å². The van der Waals surface area contributed by atoms with Crippen LogP contribution in [0, 0.1) is 17.1 Å². The summed E-state index contributed by atoms with van der Waals surface area (Å²) in [5.41, 5.74) is 1.20. The van der Waals surface area contributed by atoms with E-state index in [2.05, 4.69) is 6.58 Å². The molecule has 0 heterocycles. The molecule has 0 aliphatic carbocycles. The number of benzene rings is 1. The lowest BCUT2D eigenvalue weighted by Crippen LogP contribution is -2.01. The third kappa shape index (κ3) is 2.96. The van der Waals surface area contributed by atoms with Crippen LogP contribution in [0.4, 0.5) is 4.39 Å². The smallest absolute Gasteiger partial charge is 0.140 e. The van der Waals surface area contributed by atoms with E-state index in [9.17, 15) is 4.39 Å². The molecule has 1 aromatic rings. The molecule has 0 radical (unpaired) electrons. The van der Waals surface area contributed by atoms with Crippen LogP contribution >= 0.6 is 0 Å². The summed E-state index contributed by atoms with van der Waals surface area (Å²) >= 11 is 0. The Kier molecular flexibility index (Phi) is 4.28. The minimum absolute atomic E-state index is 0.253. The zero-order chi connectivity index (χ0) is 12.0. The van der Waals surface area contributed by atoms with Gasteiger partial charge in [0.25, 0.3) is 0 Å². The van der Waals surface area contributed by atoms with Gasteiger partial charge < -0.3 is 4.74 Å². The molecule has 0 aromatic heterocycles. The molecule has 0 unspecified atom stereocenters. The number of hydrogen-bond acceptors (Lipinski definition) is 2. The Morgan fingerprint density at radius 1 is 1.62 bits per heavy atom. The third-order valence-electron chi connectivity index (χ3n) is 2.09. The van der Waals surface area contributed by atoms with Crippen LogP contribution in [0.15, 0.2) is 42.5 Å². The van der Waals surface area contributed by atoms with E-state index in [1.165, 1.54) is 18.2 Å². The average Bonchev–Trinajstić information content (AvgIpc) is 2.30. The third-order valence-corrected chi connectivity index (χ3v) is 2.09. The van der Waals surface area contributed by atoms with Gasteiger partial charge in [-0.2, -0.15) is 5.26 Å². The number of rotatable bonds is 4. The number of nitriles is 1. The van der Waals surface area contributed by atoms with Gasteiger partial charge in [0.15, 0.2) is 0 Å². The van der Waals surface area contributed by atoms with Crippen molar-refractivity contribution in [3.05, 3.63) is 53.9 Å². The number of halogens is 1. The molecule has 0 N–H and O–H groups in total. The zero-order valence-corrected chi connectivity index (χ0v) is 9.03. The van der Waals surface area contributed by atoms with Crippen molar-refractivity contribution in [1.29, 1.82) is 5.26 Å².